The fourth-order valence-corrected chi connectivity index (χ4v) is 0.909. The summed E-state index contributed by atoms with van der Waals surface area (Å²) in [6, 6.07) is 1.49. The number of aromatic nitrogens is 2. The summed E-state index contributed by atoms with van der Waals surface area (Å²) in [5, 5.41) is 6.77. The molecule has 0 aliphatic rings. The Morgan fingerprint density at radius 1 is 1.77 bits per heavy atom. The predicted molar refractivity (Wildman–Crippen MR) is 51.5 cm³/mol. The van der Waals surface area contributed by atoms with E-state index in [0.717, 1.165) is 0 Å². The van der Waals surface area contributed by atoms with Crippen LogP contribution in [0.1, 0.15) is 6.42 Å². The molecule has 68 valence electrons. The molecule has 4 nitrogen and oxygen atoms in total. The molecule has 1 aromatic rings. The molecule has 0 fully saturated rings. The fraction of sp³-hybridized carbons (Fsp3) is 0.333. The van der Waals surface area contributed by atoms with E-state index in [2.05, 4.69) is 16.3 Å². The van der Waals surface area contributed by atoms with Gasteiger partial charge in [0.05, 0.1) is 18.4 Å². The number of rotatable bonds is 3. The van der Waals surface area contributed by atoms with E-state index in [4.69, 9.17) is 6.42 Å². The van der Waals surface area contributed by atoms with E-state index in [0.29, 0.717) is 18.7 Å². The summed E-state index contributed by atoms with van der Waals surface area (Å²) >= 11 is 0. The van der Waals surface area contributed by atoms with Crippen LogP contribution >= 0.6 is 0 Å². The Hall–Kier alpha value is -1.76. The zero-order chi connectivity index (χ0) is 9.68. The average Bonchev–Trinajstić information content (AvgIpc) is 2.16. The van der Waals surface area contributed by atoms with Crippen LogP contribution in [0.25, 0.3) is 0 Å². The molecule has 1 heterocycles. The van der Waals surface area contributed by atoms with Crippen molar-refractivity contribution in [1.82, 2.24) is 9.78 Å². The van der Waals surface area contributed by atoms with Crippen molar-refractivity contribution in [1.29, 1.82) is 0 Å². The van der Waals surface area contributed by atoms with Crippen LogP contribution in [0.4, 0.5) is 5.69 Å². The summed E-state index contributed by atoms with van der Waals surface area (Å²) in [6.07, 6.45) is 7.19. The molecule has 0 radical (unpaired) electrons. The summed E-state index contributed by atoms with van der Waals surface area (Å²) in [7, 11) is 1.74. The second-order valence-electron chi connectivity index (χ2n) is 2.51. The molecule has 0 saturated heterocycles. The van der Waals surface area contributed by atoms with Crippen LogP contribution < -0.4 is 10.9 Å². The maximum Gasteiger partial charge on any atom is 0.268 e. The second kappa shape index (κ2) is 4.31. The van der Waals surface area contributed by atoms with E-state index < -0.39 is 0 Å². The zero-order valence-corrected chi connectivity index (χ0v) is 7.45. The first-order valence-corrected chi connectivity index (χ1v) is 3.96. The predicted octanol–water partition coefficient (Wildman–Crippen LogP) is 0.308. The van der Waals surface area contributed by atoms with E-state index in [9.17, 15) is 4.79 Å². The van der Waals surface area contributed by atoms with Crippen molar-refractivity contribution in [3.05, 3.63) is 22.6 Å². The maximum atomic E-state index is 11.3. The SMILES string of the molecule is C#CCCn1ncc(NC)cc1=O. The number of nitrogens with zero attached hydrogens (tertiary/aromatic N) is 2. The zero-order valence-electron chi connectivity index (χ0n) is 7.45. The number of nitrogens with one attached hydrogen (secondary N) is 1. The lowest BCUT2D eigenvalue weighted by Crippen LogP contribution is -2.22. The molecule has 1 aromatic heterocycles. The monoisotopic (exact) mass is 177 g/mol. The number of hydrogen-bond acceptors (Lipinski definition) is 3. The minimum absolute atomic E-state index is 0.137. The maximum absolute atomic E-state index is 11.3. The molecule has 0 atom stereocenters. The van der Waals surface area contributed by atoms with Crippen LogP contribution in [0.5, 0.6) is 0 Å². The van der Waals surface area contributed by atoms with Crippen LogP contribution in [0.3, 0.4) is 0 Å². The number of hydrogen-bond donors (Lipinski definition) is 1. The van der Waals surface area contributed by atoms with Gasteiger partial charge in [-0.15, -0.1) is 12.3 Å². The highest BCUT2D eigenvalue weighted by molar-refractivity contribution is 5.37. The molecule has 0 spiro atoms. The van der Waals surface area contributed by atoms with E-state index in [-0.39, 0.29) is 5.56 Å². The van der Waals surface area contributed by atoms with Gasteiger partial charge in [-0.1, -0.05) is 0 Å². The fourth-order valence-electron chi connectivity index (χ4n) is 0.909. The molecule has 0 amide bonds. The van der Waals surface area contributed by atoms with Crippen molar-refractivity contribution in [3.63, 3.8) is 0 Å². The highest BCUT2D eigenvalue weighted by Crippen LogP contribution is 1.96. The Morgan fingerprint density at radius 2 is 2.54 bits per heavy atom. The van der Waals surface area contributed by atoms with Crippen molar-refractivity contribution in [3.8, 4) is 12.3 Å². The lowest BCUT2D eigenvalue weighted by molar-refractivity contribution is 0.591. The van der Waals surface area contributed by atoms with Crippen LogP contribution in [0.2, 0.25) is 0 Å². The standard InChI is InChI=1S/C9H11N3O/c1-3-4-5-12-9(13)6-8(10-2)7-11-12/h1,6-7,10H,4-5H2,2H3. The largest absolute Gasteiger partial charge is 0.387 e. The van der Waals surface area contributed by atoms with Gasteiger partial charge in [-0.3, -0.25) is 4.79 Å². The lowest BCUT2D eigenvalue weighted by atomic mass is 10.4. The second-order valence-corrected chi connectivity index (χ2v) is 2.51. The van der Waals surface area contributed by atoms with Crippen LogP contribution in [0, 0.1) is 12.3 Å². The first kappa shape index (κ1) is 9.33. The molecule has 0 saturated carbocycles. The molecular formula is C9H11N3O. The Balaban J connectivity index is 2.87. The normalized spacial score (nSPS) is 9.23. The van der Waals surface area contributed by atoms with Crippen LogP contribution in [0.15, 0.2) is 17.1 Å². The van der Waals surface area contributed by atoms with E-state index >= 15 is 0 Å². The van der Waals surface area contributed by atoms with Gasteiger partial charge in [0.1, 0.15) is 0 Å². The lowest BCUT2D eigenvalue weighted by Gasteiger charge is -2.02. The third-order valence-electron chi connectivity index (χ3n) is 1.63. The Kier molecular flexibility index (Phi) is 3.09. The van der Waals surface area contributed by atoms with E-state index in [1.54, 1.807) is 13.2 Å². The average molecular weight is 177 g/mol. The van der Waals surface area contributed by atoms with Gasteiger partial charge in [0.2, 0.25) is 0 Å². The van der Waals surface area contributed by atoms with Gasteiger partial charge >= 0.3 is 0 Å². The molecule has 0 bridgehead atoms. The molecule has 0 unspecified atom stereocenters. The Bertz CT molecular complexity index is 375. The summed E-state index contributed by atoms with van der Waals surface area (Å²) in [6.45, 7) is 0.472. The highest BCUT2D eigenvalue weighted by atomic mass is 16.1. The van der Waals surface area contributed by atoms with Crippen molar-refractivity contribution in [2.45, 2.75) is 13.0 Å². The van der Waals surface area contributed by atoms with Gasteiger partial charge in [0.25, 0.3) is 5.56 Å². The topological polar surface area (TPSA) is 46.9 Å². The Labute approximate surface area is 76.6 Å². The van der Waals surface area contributed by atoms with Gasteiger partial charge in [-0.05, 0) is 0 Å². The molecule has 0 aliphatic carbocycles. The van der Waals surface area contributed by atoms with E-state index in [1.165, 1.54) is 10.7 Å². The van der Waals surface area contributed by atoms with Crippen LogP contribution in [-0.2, 0) is 6.54 Å². The number of aryl methyl sites for hydroxylation is 1. The van der Waals surface area contributed by atoms with Gasteiger partial charge in [0, 0.05) is 19.5 Å². The van der Waals surface area contributed by atoms with Gasteiger partial charge in [-0.25, -0.2) is 4.68 Å². The van der Waals surface area contributed by atoms with E-state index in [1.807, 2.05) is 0 Å². The summed E-state index contributed by atoms with van der Waals surface area (Å²) in [5.74, 6) is 2.46. The third kappa shape index (κ3) is 2.34. The minimum Gasteiger partial charge on any atom is -0.387 e. The molecule has 1 rings (SSSR count). The molecule has 4 heteroatoms. The summed E-state index contributed by atoms with van der Waals surface area (Å²) < 4.78 is 1.35. The molecule has 0 aliphatic heterocycles. The van der Waals surface area contributed by atoms with Gasteiger partial charge in [0.15, 0.2) is 0 Å². The molecular weight excluding hydrogens is 166 g/mol. The summed E-state index contributed by atoms with van der Waals surface area (Å²) in [5.41, 5.74) is 0.573. The van der Waals surface area contributed by atoms with Crippen molar-refractivity contribution >= 4 is 5.69 Å². The smallest absolute Gasteiger partial charge is 0.268 e. The number of terminal acetylenes is 1. The van der Waals surface area contributed by atoms with Crippen molar-refractivity contribution < 1.29 is 0 Å². The quantitative estimate of drug-likeness (QED) is 0.676. The highest BCUT2D eigenvalue weighted by Gasteiger charge is 1.96. The van der Waals surface area contributed by atoms with Crippen molar-refractivity contribution in [2.75, 3.05) is 12.4 Å². The molecule has 13 heavy (non-hydrogen) atoms. The first-order chi connectivity index (χ1) is 6.27. The minimum atomic E-state index is -0.137. The third-order valence-corrected chi connectivity index (χ3v) is 1.63. The first-order valence-electron chi connectivity index (χ1n) is 3.96. The Morgan fingerprint density at radius 3 is 3.08 bits per heavy atom. The van der Waals surface area contributed by atoms with Crippen LogP contribution in [-0.4, -0.2) is 16.8 Å². The molecule has 1 N–H and O–H groups in total. The van der Waals surface area contributed by atoms with Gasteiger partial charge in [-0.2, -0.15) is 5.10 Å². The van der Waals surface area contributed by atoms with Gasteiger partial charge < -0.3 is 5.32 Å². The van der Waals surface area contributed by atoms with Crippen molar-refractivity contribution in [2.24, 2.45) is 0 Å². The molecule has 0 aromatic carbocycles. The summed E-state index contributed by atoms with van der Waals surface area (Å²) in [4.78, 5) is 11.3. The number of anilines is 1.